The molecule has 1 aliphatic rings. The van der Waals surface area contributed by atoms with Gasteiger partial charge in [-0.25, -0.2) is 4.39 Å². The standard InChI is InChI=1S/C15H23FN2/c1-11(17)12-5-3-6-13(9-12)15(16)14-7-4-8-18(2)10-14/h3,5-6,9,11,14-15H,4,7-8,10,17H2,1-2H3. The van der Waals surface area contributed by atoms with Gasteiger partial charge in [0.05, 0.1) is 0 Å². The molecule has 0 spiro atoms. The molecule has 100 valence electrons. The average Bonchev–Trinajstić information content (AvgIpc) is 2.38. The lowest BCUT2D eigenvalue weighted by atomic mass is 9.89. The number of halogens is 1. The Labute approximate surface area is 109 Å². The van der Waals surface area contributed by atoms with Gasteiger partial charge in [0.2, 0.25) is 0 Å². The fourth-order valence-electron chi connectivity index (χ4n) is 2.73. The Morgan fingerprint density at radius 1 is 1.39 bits per heavy atom. The van der Waals surface area contributed by atoms with Crippen LogP contribution >= 0.6 is 0 Å². The Balaban J connectivity index is 2.12. The number of nitrogens with zero attached hydrogens (tertiary/aromatic N) is 1. The molecule has 0 bridgehead atoms. The van der Waals surface area contributed by atoms with Crippen molar-refractivity contribution in [2.75, 3.05) is 20.1 Å². The maximum absolute atomic E-state index is 14.6. The van der Waals surface area contributed by atoms with Crippen molar-refractivity contribution in [3.63, 3.8) is 0 Å². The first-order valence-electron chi connectivity index (χ1n) is 6.76. The average molecular weight is 250 g/mol. The predicted molar refractivity (Wildman–Crippen MR) is 73.1 cm³/mol. The third-order valence-corrected chi connectivity index (χ3v) is 3.83. The largest absolute Gasteiger partial charge is 0.324 e. The van der Waals surface area contributed by atoms with Crippen LogP contribution in [0, 0.1) is 5.92 Å². The first-order valence-corrected chi connectivity index (χ1v) is 6.76. The molecule has 0 aromatic heterocycles. The first-order chi connectivity index (χ1) is 8.58. The lowest BCUT2D eigenvalue weighted by molar-refractivity contribution is 0.126. The quantitative estimate of drug-likeness (QED) is 0.893. The van der Waals surface area contributed by atoms with Crippen molar-refractivity contribution in [2.45, 2.75) is 32.0 Å². The summed E-state index contributed by atoms with van der Waals surface area (Å²) in [5, 5.41) is 0. The molecule has 2 N–H and O–H groups in total. The summed E-state index contributed by atoms with van der Waals surface area (Å²) in [4.78, 5) is 2.22. The molecule has 0 aliphatic carbocycles. The first kappa shape index (κ1) is 13.5. The van der Waals surface area contributed by atoms with E-state index in [-0.39, 0.29) is 12.0 Å². The predicted octanol–water partition coefficient (Wildman–Crippen LogP) is 3.06. The van der Waals surface area contributed by atoms with Crippen LogP contribution in [-0.2, 0) is 0 Å². The summed E-state index contributed by atoms with van der Waals surface area (Å²) < 4.78 is 14.6. The van der Waals surface area contributed by atoms with E-state index in [2.05, 4.69) is 11.9 Å². The molecule has 1 aromatic carbocycles. The third-order valence-electron chi connectivity index (χ3n) is 3.83. The maximum atomic E-state index is 14.6. The molecule has 1 heterocycles. The van der Waals surface area contributed by atoms with Crippen LogP contribution in [0.15, 0.2) is 24.3 Å². The van der Waals surface area contributed by atoms with E-state index in [4.69, 9.17) is 5.73 Å². The van der Waals surface area contributed by atoms with Crippen LogP contribution in [0.25, 0.3) is 0 Å². The summed E-state index contributed by atoms with van der Waals surface area (Å²) in [6.45, 7) is 3.87. The number of alkyl halides is 1. The number of hydrogen-bond acceptors (Lipinski definition) is 2. The van der Waals surface area contributed by atoms with E-state index >= 15 is 0 Å². The highest BCUT2D eigenvalue weighted by atomic mass is 19.1. The minimum Gasteiger partial charge on any atom is -0.324 e. The van der Waals surface area contributed by atoms with Gasteiger partial charge in [-0.05, 0) is 44.5 Å². The molecule has 3 atom stereocenters. The molecule has 1 fully saturated rings. The number of hydrogen-bond donors (Lipinski definition) is 1. The van der Waals surface area contributed by atoms with Gasteiger partial charge in [-0.15, -0.1) is 0 Å². The Morgan fingerprint density at radius 3 is 2.78 bits per heavy atom. The SMILES string of the molecule is CC(N)c1cccc(C(F)C2CCCN(C)C2)c1. The molecule has 3 heteroatoms. The molecule has 3 unspecified atom stereocenters. The molecule has 2 nitrogen and oxygen atoms in total. The van der Waals surface area contributed by atoms with E-state index in [9.17, 15) is 4.39 Å². The molecule has 1 aromatic rings. The zero-order valence-electron chi connectivity index (χ0n) is 11.3. The summed E-state index contributed by atoms with van der Waals surface area (Å²) in [7, 11) is 2.07. The van der Waals surface area contributed by atoms with Crippen LogP contribution in [0.3, 0.4) is 0 Å². The van der Waals surface area contributed by atoms with Crippen LogP contribution in [0.5, 0.6) is 0 Å². The molecule has 1 aliphatic heterocycles. The van der Waals surface area contributed by atoms with Crippen molar-refractivity contribution in [3.8, 4) is 0 Å². The van der Waals surface area contributed by atoms with Crippen LogP contribution < -0.4 is 5.73 Å². The van der Waals surface area contributed by atoms with Crippen LogP contribution in [0.4, 0.5) is 4.39 Å². The normalized spacial score (nSPS) is 24.8. The monoisotopic (exact) mass is 250 g/mol. The summed E-state index contributed by atoms with van der Waals surface area (Å²) >= 11 is 0. The van der Waals surface area contributed by atoms with Gasteiger partial charge in [0.1, 0.15) is 6.17 Å². The maximum Gasteiger partial charge on any atom is 0.129 e. The van der Waals surface area contributed by atoms with Crippen molar-refractivity contribution < 1.29 is 4.39 Å². The third kappa shape index (κ3) is 3.09. The molecule has 0 radical (unpaired) electrons. The highest BCUT2D eigenvalue weighted by Gasteiger charge is 2.27. The van der Waals surface area contributed by atoms with Crippen LogP contribution in [0.2, 0.25) is 0 Å². The van der Waals surface area contributed by atoms with Gasteiger partial charge in [-0.2, -0.15) is 0 Å². The van der Waals surface area contributed by atoms with E-state index in [1.807, 2.05) is 31.2 Å². The number of rotatable bonds is 3. The van der Waals surface area contributed by atoms with Gasteiger partial charge in [-0.1, -0.05) is 24.3 Å². The van der Waals surface area contributed by atoms with Crippen molar-refractivity contribution in [1.82, 2.24) is 4.90 Å². The molecule has 2 rings (SSSR count). The van der Waals surface area contributed by atoms with Crippen molar-refractivity contribution >= 4 is 0 Å². The van der Waals surface area contributed by atoms with E-state index in [0.29, 0.717) is 0 Å². The Morgan fingerprint density at radius 2 is 2.11 bits per heavy atom. The minimum atomic E-state index is -0.869. The molecule has 1 saturated heterocycles. The van der Waals surface area contributed by atoms with Gasteiger partial charge >= 0.3 is 0 Å². The van der Waals surface area contributed by atoms with Gasteiger partial charge < -0.3 is 10.6 Å². The van der Waals surface area contributed by atoms with Gasteiger partial charge in [0.15, 0.2) is 0 Å². The fraction of sp³-hybridized carbons (Fsp3) is 0.600. The van der Waals surface area contributed by atoms with E-state index in [1.54, 1.807) is 0 Å². The Hall–Kier alpha value is -0.930. The second kappa shape index (κ2) is 5.81. The second-order valence-electron chi connectivity index (χ2n) is 5.53. The Kier molecular flexibility index (Phi) is 4.36. The van der Waals surface area contributed by atoms with Crippen molar-refractivity contribution in [1.29, 1.82) is 0 Å². The molecule has 18 heavy (non-hydrogen) atoms. The van der Waals surface area contributed by atoms with Gasteiger partial charge in [0, 0.05) is 18.5 Å². The van der Waals surface area contributed by atoms with Crippen molar-refractivity contribution in [2.24, 2.45) is 11.7 Å². The number of benzene rings is 1. The van der Waals surface area contributed by atoms with Gasteiger partial charge in [-0.3, -0.25) is 0 Å². The summed E-state index contributed by atoms with van der Waals surface area (Å²) in [5.74, 6) is 0.118. The highest BCUT2D eigenvalue weighted by Crippen LogP contribution is 2.33. The topological polar surface area (TPSA) is 29.3 Å². The number of piperidine rings is 1. The van der Waals surface area contributed by atoms with E-state index in [0.717, 1.165) is 37.1 Å². The van der Waals surface area contributed by atoms with Gasteiger partial charge in [0.25, 0.3) is 0 Å². The summed E-state index contributed by atoms with van der Waals surface area (Å²) in [5.41, 5.74) is 7.65. The summed E-state index contributed by atoms with van der Waals surface area (Å²) in [6, 6.07) is 7.64. The lowest BCUT2D eigenvalue weighted by Gasteiger charge is -2.32. The summed E-state index contributed by atoms with van der Waals surface area (Å²) in [6.07, 6.45) is 1.20. The number of likely N-dealkylation sites (tertiary alicyclic amines) is 1. The molecule has 0 amide bonds. The Bertz CT molecular complexity index is 392. The zero-order chi connectivity index (χ0) is 13.1. The zero-order valence-corrected chi connectivity index (χ0v) is 11.3. The van der Waals surface area contributed by atoms with Crippen LogP contribution in [-0.4, -0.2) is 25.0 Å². The molecular weight excluding hydrogens is 227 g/mol. The fourth-order valence-corrected chi connectivity index (χ4v) is 2.73. The van der Waals surface area contributed by atoms with Crippen molar-refractivity contribution in [3.05, 3.63) is 35.4 Å². The number of nitrogens with two attached hydrogens (primary N) is 1. The highest BCUT2D eigenvalue weighted by molar-refractivity contribution is 5.27. The van der Waals surface area contributed by atoms with E-state index in [1.165, 1.54) is 0 Å². The minimum absolute atomic E-state index is 0.0359. The van der Waals surface area contributed by atoms with Crippen LogP contribution in [0.1, 0.15) is 43.1 Å². The molecule has 0 saturated carbocycles. The van der Waals surface area contributed by atoms with E-state index < -0.39 is 6.17 Å². The smallest absolute Gasteiger partial charge is 0.129 e. The second-order valence-corrected chi connectivity index (χ2v) is 5.53. The molecular formula is C15H23FN2. The lowest BCUT2D eigenvalue weighted by Crippen LogP contribution is -2.34.